The molecule has 1 aliphatic rings. The van der Waals surface area contributed by atoms with Crippen molar-refractivity contribution >= 4 is 21.8 Å². The van der Waals surface area contributed by atoms with Crippen LogP contribution in [-0.4, -0.2) is 28.7 Å². The van der Waals surface area contributed by atoms with Gasteiger partial charge in [-0.1, -0.05) is 35.0 Å². The third-order valence-corrected chi connectivity index (χ3v) is 4.48. The Balaban J connectivity index is 2.08. The van der Waals surface area contributed by atoms with Gasteiger partial charge in [0.2, 0.25) is 0 Å². The first kappa shape index (κ1) is 14.6. The van der Waals surface area contributed by atoms with Crippen molar-refractivity contribution in [3.63, 3.8) is 0 Å². The molecule has 0 saturated heterocycles. The van der Waals surface area contributed by atoms with Crippen LogP contribution in [0.25, 0.3) is 0 Å². The van der Waals surface area contributed by atoms with Gasteiger partial charge >= 0.3 is 0 Å². The minimum atomic E-state index is 0.202. The van der Waals surface area contributed by atoms with E-state index in [1.165, 1.54) is 24.8 Å². The maximum absolute atomic E-state index is 12.6. The second-order valence-corrected chi connectivity index (χ2v) is 5.97. The van der Waals surface area contributed by atoms with Gasteiger partial charge < -0.3 is 4.90 Å². The normalized spacial score (nSPS) is 15.1. The third kappa shape index (κ3) is 3.59. The molecule has 0 bridgehead atoms. The molecule has 0 atom stereocenters. The Bertz CT molecular complexity index is 411. The van der Waals surface area contributed by atoms with Crippen LogP contribution >= 0.6 is 15.9 Å². The number of alkyl halides is 1. The van der Waals surface area contributed by atoms with Crippen molar-refractivity contribution in [3.8, 4) is 0 Å². The Kier molecular flexibility index (Phi) is 5.44. The van der Waals surface area contributed by atoms with Crippen molar-refractivity contribution in [2.75, 3.05) is 11.9 Å². The fourth-order valence-corrected chi connectivity index (χ4v) is 2.68. The Morgan fingerprint density at radius 2 is 2.00 bits per heavy atom. The summed E-state index contributed by atoms with van der Waals surface area (Å²) in [4.78, 5) is 14.7. The molecule has 0 spiro atoms. The van der Waals surface area contributed by atoms with Gasteiger partial charge in [-0.3, -0.25) is 4.79 Å². The highest BCUT2D eigenvalue weighted by atomic mass is 79.9. The highest BCUT2D eigenvalue weighted by molar-refractivity contribution is 9.09. The Labute approximate surface area is 124 Å². The lowest BCUT2D eigenvalue weighted by molar-refractivity contribution is 0.0581. The molecule has 3 heteroatoms. The van der Waals surface area contributed by atoms with Gasteiger partial charge in [0.15, 0.2) is 0 Å². The van der Waals surface area contributed by atoms with Crippen LogP contribution in [-0.2, 0) is 6.42 Å². The number of hydrogen-bond donors (Lipinski definition) is 0. The first-order valence-electron chi connectivity index (χ1n) is 7.22. The summed E-state index contributed by atoms with van der Waals surface area (Å²) in [6.07, 6.45) is 5.64. The molecule has 0 aliphatic heterocycles. The van der Waals surface area contributed by atoms with E-state index in [-0.39, 0.29) is 5.91 Å². The van der Waals surface area contributed by atoms with E-state index >= 15 is 0 Å². The molecule has 0 heterocycles. The zero-order chi connectivity index (χ0) is 13.7. The number of benzene rings is 1. The molecule has 1 amide bonds. The molecule has 2 rings (SSSR count). The molecule has 0 N–H and O–H groups in total. The number of carbonyl (C=O) groups is 1. The van der Waals surface area contributed by atoms with Crippen LogP contribution in [0.5, 0.6) is 0 Å². The molecule has 104 valence electrons. The maximum Gasteiger partial charge on any atom is 0.254 e. The predicted molar refractivity (Wildman–Crippen MR) is 82.9 cm³/mol. The van der Waals surface area contributed by atoms with Crippen molar-refractivity contribution in [3.05, 3.63) is 35.4 Å². The van der Waals surface area contributed by atoms with Crippen LogP contribution in [0.15, 0.2) is 24.3 Å². The van der Waals surface area contributed by atoms with Gasteiger partial charge in [0, 0.05) is 23.5 Å². The summed E-state index contributed by atoms with van der Waals surface area (Å²) in [5.74, 6) is 0.202. The summed E-state index contributed by atoms with van der Waals surface area (Å²) in [5, 5.41) is 0.957. The van der Waals surface area contributed by atoms with Gasteiger partial charge in [-0.15, -0.1) is 0 Å². The van der Waals surface area contributed by atoms with Crippen LogP contribution < -0.4 is 0 Å². The van der Waals surface area contributed by atoms with Crippen molar-refractivity contribution in [2.45, 2.75) is 45.1 Å². The van der Waals surface area contributed by atoms with E-state index in [0.717, 1.165) is 30.3 Å². The van der Waals surface area contributed by atoms with Gasteiger partial charge in [-0.05, 0) is 49.8 Å². The lowest BCUT2D eigenvalue weighted by Crippen LogP contribution is -2.44. The number of rotatable bonds is 6. The van der Waals surface area contributed by atoms with Gasteiger partial charge in [0.05, 0.1) is 0 Å². The number of nitrogens with zero attached hydrogens (tertiary/aromatic N) is 1. The average Bonchev–Trinajstić information content (AvgIpc) is 2.40. The number of halogens is 1. The fourth-order valence-electron chi connectivity index (χ4n) is 2.43. The lowest BCUT2D eigenvalue weighted by atomic mass is 9.90. The summed E-state index contributed by atoms with van der Waals surface area (Å²) in [5.41, 5.74) is 2.12. The number of amides is 1. The third-order valence-electron chi connectivity index (χ3n) is 3.92. The highest BCUT2D eigenvalue weighted by Crippen LogP contribution is 2.26. The smallest absolute Gasteiger partial charge is 0.254 e. The molecule has 1 aliphatic carbocycles. The standard InChI is InChI=1S/C16H22BrNO/c1-2-13-7-9-14(10-8-13)16(19)18(12-4-11-17)15-5-3-6-15/h7-10,15H,2-6,11-12H2,1H3. The van der Waals surface area contributed by atoms with Crippen molar-refractivity contribution in [2.24, 2.45) is 0 Å². The SMILES string of the molecule is CCc1ccc(C(=O)N(CCCBr)C2CCC2)cc1. The van der Waals surface area contributed by atoms with Crippen LogP contribution in [0.4, 0.5) is 0 Å². The Morgan fingerprint density at radius 3 is 2.47 bits per heavy atom. The van der Waals surface area contributed by atoms with Crippen LogP contribution in [0.2, 0.25) is 0 Å². The fraction of sp³-hybridized carbons (Fsp3) is 0.562. The van der Waals surface area contributed by atoms with E-state index in [1.807, 2.05) is 12.1 Å². The van der Waals surface area contributed by atoms with Crippen LogP contribution in [0, 0.1) is 0 Å². The Hall–Kier alpha value is -0.830. The van der Waals surface area contributed by atoms with E-state index in [1.54, 1.807) is 0 Å². The second-order valence-electron chi connectivity index (χ2n) is 5.18. The largest absolute Gasteiger partial charge is 0.336 e. The van der Waals surface area contributed by atoms with Gasteiger partial charge in [0.1, 0.15) is 0 Å². The van der Waals surface area contributed by atoms with E-state index in [4.69, 9.17) is 0 Å². The predicted octanol–water partition coefficient (Wildman–Crippen LogP) is 4.03. The molecule has 19 heavy (non-hydrogen) atoms. The average molecular weight is 324 g/mol. The van der Waals surface area contributed by atoms with E-state index < -0.39 is 0 Å². The molecule has 0 radical (unpaired) electrons. The van der Waals surface area contributed by atoms with Gasteiger partial charge in [-0.25, -0.2) is 0 Å². The minimum Gasteiger partial charge on any atom is -0.336 e. The summed E-state index contributed by atoms with van der Waals surface area (Å²) in [7, 11) is 0. The van der Waals surface area contributed by atoms with Crippen LogP contribution in [0.3, 0.4) is 0 Å². The monoisotopic (exact) mass is 323 g/mol. The van der Waals surface area contributed by atoms with Crippen molar-refractivity contribution < 1.29 is 4.79 Å². The molecule has 1 saturated carbocycles. The minimum absolute atomic E-state index is 0.202. The van der Waals surface area contributed by atoms with Gasteiger partial charge in [-0.2, -0.15) is 0 Å². The zero-order valence-corrected chi connectivity index (χ0v) is 13.2. The Morgan fingerprint density at radius 1 is 1.32 bits per heavy atom. The molecule has 1 aromatic rings. The number of hydrogen-bond acceptors (Lipinski definition) is 1. The quantitative estimate of drug-likeness (QED) is 0.724. The van der Waals surface area contributed by atoms with Crippen molar-refractivity contribution in [1.29, 1.82) is 0 Å². The van der Waals surface area contributed by atoms with Gasteiger partial charge in [0.25, 0.3) is 5.91 Å². The number of carbonyl (C=O) groups excluding carboxylic acids is 1. The highest BCUT2D eigenvalue weighted by Gasteiger charge is 2.28. The second kappa shape index (κ2) is 7.09. The number of aryl methyl sites for hydroxylation is 1. The first-order chi connectivity index (χ1) is 9.26. The summed E-state index contributed by atoms with van der Waals surface area (Å²) < 4.78 is 0. The summed E-state index contributed by atoms with van der Waals surface area (Å²) in [6, 6.07) is 8.55. The maximum atomic E-state index is 12.6. The molecule has 1 aromatic carbocycles. The van der Waals surface area contributed by atoms with Crippen LogP contribution in [0.1, 0.15) is 48.5 Å². The lowest BCUT2D eigenvalue weighted by Gasteiger charge is -2.37. The molecular formula is C16H22BrNO. The summed E-state index contributed by atoms with van der Waals surface area (Å²) >= 11 is 3.45. The molecule has 0 unspecified atom stereocenters. The molecule has 1 fully saturated rings. The van der Waals surface area contributed by atoms with E-state index in [2.05, 4.69) is 39.9 Å². The topological polar surface area (TPSA) is 20.3 Å². The van der Waals surface area contributed by atoms with E-state index in [9.17, 15) is 4.79 Å². The first-order valence-corrected chi connectivity index (χ1v) is 8.34. The molecule has 2 nitrogen and oxygen atoms in total. The van der Waals surface area contributed by atoms with Crippen molar-refractivity contribution in [1.82, 2.24) is 4.90 Å². The molecular weight excluding hydrogens is 302 g/mol. The van der Waals surface area contributed by atoms with E-state index in [0.29, 0.717) is 6.04 Å². The summed E-state index contributed by atoms with van der Waals surface area (Å²) in [6.45, 7) is 3.00. The zero-order valence-electron chi connectivity index (χ0n) is 11.6. The molecule has 0 aromatic heterocycles.